The number of hydrogen-bond donors (Lipinski definition) is 0. The first-order chi connectivity index (χ1) is 13.0. The third-order valence-corrected chi connectivity index (χ3v) is 4.02. The number of fused-ring (bicyclic) bond motifs is 1. The molecular formula is C20H19BrF2N2O3. The molecule has 2 rings (SSSR count). The minimum Gasteiger partial charge on any atom is -0.443 e. The van der Waals surface area contributed by atoms with Crippen molar-refractivity contribution in [3.63, 3.8) is 0 Å². The molecule has 0 heterocycles. The molecule has 0 fully saturated rings. The fraction of sp³-hybridized carbons (Fsp3) is 0.300. The van der Waals surface area contributed by atoms with Gasteiger partial charge in [-0.15, -0.1) is 0 Å². The van der Waals surface area contributed by atoms with Crippen molar-refractivity contribution in [1.29, 1.82) is 5.26 Å². The number of rotatable bonds is 5. The first-order valence-electron chi connectivity index (χ1n) is 8.27. The quantitative estimate of drug-likeness (QED) is 0.519. The summed E-state index contributed by atoms with van der Waals surface area (Å²) >= 11 is 3.35. The van der Waals surface area contributed by atoms with Gasteiger partial charge in [-0.05, 0) is 44.4 Å². The lowest BCUT2D eigenvalue weighted by Crippen LogP contribution is -2.38. The van der Waals surface area contributed by atoms with Crippen LogP contribution < -0.4 is 9.64 Å². The molecule has 0 saturated heterocycles. The predicted molar refractivity (Wildman–Crippen MR) is 107 cm³/mol. The predicted octanol–water partition coefficient (Wildman–Crippen LogP) is 6.02. The molecule has 0 saturated carbocycles. The van der Waals surface area contributed by atoms with Gasteiger partial charge in [0, 0.05) is 15.4 Å². The van der Waals surface area contributed by atoms with Crippen molar-refractivity contribution in [2.75, 3.05) is 11.4 Å². The van der Waals surface area contributed by atoms with E-state index in [2.05, 4.69) is 27.2 Å². The molecule has 0 radical (unpaired) electrons. The Balaban J connectivity index is 2.73. The van der Waals surface area contributed by atoms with Gasteiger partial charge in [-0.1, -0.05) is 34.6 Å². The number of amides is 1. The molecule has 0 spiro atoms. The average molecular weight is 453 g/mol. The number of carbonyl (C=O) groups is 1. The van der Waals surface area contributed by atoms with Gasteiger partial charge in [0.05, 0.1) is 18.3 Å². The van der Waals surface area contributed by atoms with Crippen molar-refractivity contribution >= 4 is 38.5 Å². The van der Waals surface area contributed by atoms with Gasteiger partial charge in [-0.3, -0.25) is 4.90 Å². The monoisotopic (exact) mass is 452 g/mol. The van der Waals surface area contributed by atoms with Crippen LogP contribution in [-0.2, 0) is 4.74 Å². The summed E-state index contributed by atoms with van der Waals surface area (Å²) in [5.74, 6) is -0.211. The molecular weight excluding hydrogens is 434 g/mol. The third kappa shape index (κ3) is 5.42. The first-order valence-corrected chi connectivity index (χ1v) is 9.06. The summed E-state index contributed by atoms with van der Waals surface area (Å²) in [6.07, 6.45) is -0.810. The highest BCUT2D eigenvalue weighted by Crippen LogP contribution is 2.39. The van der Waals surface area contributed by atoms with Crippen LogP contribution in [-0.4, -0.2) is 24.9 Å². The molecule has 0 aliphatic carbocycles. The van der Waals surface area contributed by atoms with Gasteiger partial charge in [0.15, 0.2) is 5.75 Å². The maximum atomic E-state index is 13.0. The first kappa shape index (κ1) is 21.6. The number of alkyl halides is 2. The molecule has 0 aliphatic heterocycles. The minimum atomic E-state index is -3.09. The number of hydrogen-bond acceptors (Lipinski definition) is 4. The third-order valence-electron chi connectivity index (χ3n) is 3.53. The smallest absolute Gasteiger partial charge is 0.415 e. The standard InChI is InChI=1S/C20H19BrF2N2O3/c1-12(10-24)11-25(19(26)28-20(2,3)4)17-15-9-14(21)7-5-13(15)6-8-16(17)27-18(22)23/h5-9,18H,1,11H2,2-4H3. The second-order valence-corrected chi connectivity index (χ2v) is 7.85. The van der Waals surface area contributed by atoms with Gasteiger partial charge in [0.25, 0.3) is 0 Å². The number of benzene rings is 2. The van der Waals surface area contributed by atoms with E-state index in [1.807, 2.05) is 6.07 Å². The lowest BCUT2D eigenvalue weighted by molar-refractivity contribution is -0.0495. The van der Waals surface area contributed by atoms with E-state index in [0.717, 1.165) is 4.90 Å². The molecule has 0 aromatic heterocycles. The van der Waals surface area contributed by atoms with Gasteiger partial charge < -0.3 is 9.47 Å². The molecule has 2 aromatic rings. The Labute approximate surface area is 170 Å². The molecule has 8 heteroatoms. The summed E-state index contributed by atoms with van der Waals surface area (Å²) in [4.78, 5) is 14.0. The number of ether oxygens (including phenoxy) is 2. The number of halogens is 3. The van der Waals surface area contributed by atoms with E-state index in [1.165, 1.54) is 6.07 Å². The molecule has 0 bridgehead atoms. The molecule has 2 aromatic carbocycles. The fourth-order valence-electron chi connectivity index (χ4n) is 2.50. The van der Waals surface area contributed by atoms with E-state index in [0.29, 0.717) is 15.2 Å². The summed E-state index contributed by atoms with van der Waals surface area (Å²) in [6, 6.07) is 10.0. The maximum absolute atomic E-state index is 13.0. The van der Waals surface area contributed by atoms with Crippen molar-refractivity contribution in [3.8, 4) is 11.8 Å². The van der Waals surface area contributed by atoms with Crippen LogP contribution in [0.5, 0.6) is 5.75 Å². The number of carbonyl (C=O) groups excluding carboxylic acids is 1. The highest BCUT2D eigenvalue weighted by Gasteiger charge is 2.28. The average Bonchev–Trinajstić information content (AvgIpc) is 2.57. The molecule has 0 N–H and O–H groups in total. The van der Waals surface area contributed by atoms with Crippen LogP contribution in [0.2, 0.25) is 0 Å². The van der Waals surface area contributed by atoms with Gasteiger partial charge in [0.2, 0.25) is 0 Å². The zero-order valence-corrected chi connectivity index (χ0v) is 17.2. The molecule has 28 heavy (non-hydrogen) atoms. The van der Waals surface area contributed by atoms with Crippen LogP contribution in [0, 0.1) is 11.3 Å². The molecule has 0 atom stereocenters. The van der Waals surface area contributed by atoms with Crippen LogP contribution in [0.1, 0.15) is 20.8 Å². The summed E-state index contributed by atoms with van der Waals surface area (Å²) in [5, 5.41) is 10.3. The lowest BCUT2D eigenvalue weighted by atomic mass is 10.1. The largest absolute Gasteiger partial charge is 0.443 e. The summed E-state index contributed by atoms with van der Waals surface area (Å²) < 4.78 is 36.8. The van der Waals surface area contributed by atoms with Crippen LogP contribution >= 0.6 is 15.9 Å². The van der Waals surface area contributed by atoms with Crippen LogP contribution in [0.4, 0.5) is 19.3 Å². The number of nitrogens with zero attached hydrogens (tertiary/aromatic N) is 2. The summed E-state index contributed by atoms with van der Waals surface area (Å²) in [7, 11) is 0. The Hall–Kier alpha value is -2.66. The van der Waals surface area contributed by atoms with Gasteiger partial charge >= 0.3 is 12.7 Å². The maximum Gasteiger partial charge on any atom is 0.415 e. The van der Waals surface area contributed by atoms with E-state index < -0.39 is 18.3 Å². The highest BCUT2D eigenvalue weighted by molar-refractivity contribution is 9.10. The van der Waals surface area contributed by atoms with E-state index in [1.54, 1.807) is 45.0 Å². The zero-order chi connectivity index (χ0) is 21.1. The second kappa shape index (κ2) is 8.57. The molecule has 0 unspecified atom stereocenters. The van der Waals surface area contributed by atoms with Gasteiger partial charge in [-0.25, -0.2) is 4.79 Å². The fourth-order valence-corrected chi connectivity index (χ4v) is 2.86. The summed E-state index contributed by atoms with van der Waals surface area (Å²) in [6.45, 7) is 5.30. The molecule has 1 amide bonds. The van der Waals surface area contributed by atoms with Crippen molar-refractivity contribution in [2.24, 2.45) is 0 Å². The molecule has 5 nitrogen and oxygen atoms in total. The normalized spacial score (nSPS) is 11.2. The zero-order valence-electron chi connectivity index (χ0n) is 15.6. The van der Waals surface area contributed by atoms with Crippen molar-refractivity contribution in [1.82, 2.24) is 0 Å². The Morgan fingerprint density at radius 1 is 1.32 bits per heavy atom. The molecule has 0 aliphatic rings. The number of anilines is 1. The van der Waals surface area contributed by atoms with E-state index >= 15 is 0 Å². The summed E-state index contributed by atoms with van der Waals surface area (Å²) in [5.41, 5.74) is -0.705. The van der Waals surface area contributed by atoms with Crippen LogP contribution in [0.3, 0.4) is 0 Å². The van der Waals surface area contributed by atoms with E-state index in [4.69, 9.17) is 10.00 Å². The van der Waals surface area contributed by atoms with Gasteiger partial charge in [-0.2, -0.15) is 14.0 Å². The van der Waals surface area contributed by atoms with E-state index in [-0.39, 0.29) is 23.6 Å². The van der Waals surface area contributed by atoms with Crippen LogP contribution in [0.25, 0.3) is 10.8 Å². The van der Waals surface area contributed by atoms with Crippen molar-refractivity contribution < 1.29 is 23.0 Å². The van der Waals surface area contributed by atoms with Crippen LogP contribution in [0.15, 0.2) is 47.0 Å². The highest BCUT2D eigenvalue weighted by atomic mass is 79.9. The second-order valence-electron chi connectivity index (χ2n) is 6.94. The Kier molecular flexibility index (Phi) is 6.62. The lowest BCUT2D eigenvalue weighted by Gasteiger charge is -2.29. The Morgan fingerprint density at radius 3 is 2.54 bits per heavy atom. The number of nitriles is 1. The van der Waals surface area contributed by atoms with E-state index in [9.17, 15) is 13.6 Å². The molecule has 148 valence electrons. The Morgan fingerprint density at radius 2 is 1.96 bits per heavy atom. The van der Waals surface area contributed by atoms with Crippen molar-refractivity contribution in [2.45, 2.75) is 33.0 Å². The van der Waals surface area contributed by atoms with Gasteiger partial charge in [0.1, 0.15) is 5.60 Å². The Bertz CT molecular complexity index is 949. The SMILES string of the molecule is C=C(C#N)CN(C(=O)OC(C)(C)C)c1c(OC(F)F)ccc2ccc(Br)cc12. The van der Waals surface area contributed by atoms with Crippen molar-refractivity contribution in [3.05, 3.63) is 47.0 Å². The topological polar surface area (TPSA) is 62.6 Å². The minimum absolute atomic E-state index is 0.0563.